The molecule has 29 heavy (non-hydrogen) atoms. The molecule has 0 aliphatic carbocycles. The largest absolute Gasteiger partial charge is 0.392 e. The van der Waals surface area contributed by atoms with Gasteiger partial charge in [0.15, 0.2) is 5.82 Å². The molecule has 1 unspecified atom stereocenters. The van der Waals surface area contributed by atoms with Gasteiger partial charge in [-0.05, 0) is 68.9 Å². The zero-order chi connectivity index (χ0) is 19.9. The van der Waals surface area contributed by atoms with Gasteiger partial charge in [0.1, 0.15) is 0 Å². The van der Waals surface area contributed by atoms with Crippen molar-refractivity contribution in [3.05, 3.63) is 53.9 Å². The lowest BCUT2D eigenvalue weighted by atomic mass is 10.00. The van der Waals surface area contributed by atoms with Gasteiger partial charge in [-0.15, -0.1) is 0 Å². The van der Waals surface area contributed by atoms with Gasteiger partial charge in [0, 0.05) is 29.7 Å². The summed E-state index contributed by atoms with van der Waals surface area (Å²) in [7, 11) is 0. The molecular formula is C24H30N4O. The molecule has 152 valence electrons. The number of aliphatic hydroxyl groups is 1. The van der Waals surface area contributed by atoms with Crippen LogP contribution in [0, 0.1) is 0 Å². The standard InChI is InChI=1S/C24H30N4O/c29-18-19-6-5-7-20(14-19)24-26-16-22(17-27-24)21-9-10-23(25-15-21)8-1-2-11-28-12-3-4-13-28/h5-7,9,14-17,23,29H,1-4,8,10-13,18H2. The van der Waals surface area contributed by atoms with Crippen molar-refractivity contribution in [1.82, 2.24) is 14.9 Å². The van der Waals surface area contributed by atoms with Crippen molar-refractivity contribution in [3.63, 3.8) is 0 Å². The highest BCUT2D eigenvalue weighted by Gasteiger charge is 2.14. The Bertz CT molecular complexity index is 853. The minimum Gasteiger partial charge on any atom is -0.392 e. The third kappa shape index (κ3) is 5.37. The summed E-state index contributed by atoms with van der Waals surface area (Å²) in [6.07, 6.45) is 15.4. The van der Waals surface area contributed by atoms with E-state index >= 15 is 0 Å². The van der Waals surface area contributed by atoms with Crippen LogP contribution in [-0.4, -0.2) is 51.9 Å². The van der Waals surface area contributed by atoms with Gasteiger partial charge < -0.3 is 10.0 Å². The summed E-state index contributed by atoms with van der Waals surface area (Å²) in [5.74, 6) is 0.674. The molecule has 2 aliphatic heterocycles. The van der Waals surface area contributed by atoms with Crippen LogP contribution in [0.25, 0.3) is 17.0 Å². The Morgan fingerprint density at radius 3 is 2.59 bits per heavy atom. The van der Waals surface area contributed by atoms with E-state index in [1.54, 1.807) is 0 Å². The predicted molar refractivity (Wildman–Crippen MR) is 118 cm³/mol. The fourth-order valence-corrected chi connectivity index (χ4v) is 4.10. The van der Waals surface area contributed by atoms with Crippen LogP contribution in [0.5, 0.6) is 0 Å². The van der Waals surface area contributed by atoms with Gasteiger partial charge in [-0.25, -0.2) is 9.97 Å². The second-order valence-corrected chi connectivity index (χ2v) is 8.03. The van der Waals surface area contributed by atoms with Gasteiger partial charge in [0.25, 0.3) is 0 Å². The minimum atomic E-state index is 0.0225. The summed E-state index contributed by atoms with van der Waals surface area (Å²) in [4.78, 5) is 16.4. The first-order valence-corrected chi connectivity index (χ1v) is 10.8. The fraction of sp³-hybridized carbons (Fsp3) is 0.458. The van der Waals surface area contributed by atoms with Gasteiger partial charge in [-0.3, -0.25) is 4.99 Å². The maximum absolute atomic E-state index is 9.30. The van der Waals surface area contributed by atoms with E-state index in [1.165, 1.54) is 51.7 Å². The molecule has 5 heteroatoms. The highest BCUT2D eigenvalue weighted by Crippen LogP contribution is 2.22. The Hall–Kier alpha value is -2.37. The van der Waals surface area contributed by atoms with Crippen LogP contribution < -0.4 is 0 Å². The highest BCUT2D eigenvalue weighted by molar-refractivity contribution is 6.10. The second-order valence-electron chi connectivity index (χ2n) is 8.03. The van der Waals surface area contributed by atoms with E-state index in [0.717, 1.165) is 28.7 Å². The first-order chi connectivity index (χ1) is 14.3. The molecule has 1 atom stereocenters. The van der Waals surface area contributed by atoms with Crippen molar-refractivity contribution in [1.29, 1.82) is 0 Å². The molecule has 0 radical (unpaired) electrons. The number of aromatic nitrogens is 2. The molecule has 3 heterocycles. The summed E-state index contributed by atoms with van der Waals surface area (Å²) in [5.41, 5.74) is 3.89. The number of hydrogen-bond acceptors (Lipinski definition) is 5. The average molecular weight is 391 g/mol. The van der Waals surface area contributed by atoms with E-state index in [1.807, 2.05) is 42.9 Å². The maximum atomic E-state index is 9.30. The van der Waals surface area contributed by atoms with Gasteiger partial charge in [0.2, 0.25) is 0 Å². The average Bonchev–Trinajstić information content (AvgIpc) is 3.31. The molecule has 4 rings (SSSR count). The molecular weight excluding hydrogens is 360 g/mol. The number of dihydropyridines is 1. The summed E-state index contributed by atoms with van der Waals surface area (Å²) in [5, 5.41) is 9.30. The third-order valence-electron chi connectivity index (χ3n) is 5.85. The van der Waals surface area contributed by atoms with Gasteiger partial charge in [-0.1, -0.05) is 30.7 Å². The number of benzene rings is 1. The number of nitrogens with zero attached hydrogens (tertiary/aromatic N) is 4. The zero-order valence-electron chi connectivity index (χ0n) is 17.0. The number of hydrogen-bond donors (Lipinski definition) is 1. The van der Waals surface area contributed by atoms with Crippen molar-refractivity contribution >= 4 is 11.8 Å². The highest BCUT2D eigenvalue weighted by atomic mass is 16.3. The van der Waals surface area contributed by atoms with E-state index in [0.29, 0.717) is 11.9 Å². The lowest BCUT2D eigenvalue weighted by Crippen LogP contribution is -2.20. The number of rotatable bonds is 8. The first-order valence-electron chi connectivity index (χ1n) is 10.8. The number of likely N-dealkylation sites (tertiary alicyclic amines) is 1. The Labute approximate surface area is 173 Å². The van der Waals surface area contributed by atoms with Crippen LogP contribution in [-0.2, 0) is 6.61 Å². The normalized spacial score (nSPS) is 19.5. The van der Waals surface area contributed by atoms with Crippen molar-refractivity contribution in [2.24, 2.45) is 4.99 Å². The van der Waals surface area contributed by atoms with E-state index < -0.39 is 0 Å². The van der Waals surface area contributed by atoms with E-state index in [2.05, 4.69) is 20.9 Å². The lowest BCUT2D eigenvalue weighted by Gasteiger charge is -2.17. The Morgan fingerprint density at radius 1 is 1.03 bits per heavy atom. The molecule has 1 fully saturated rings. The molecule has 0 saturated carbocycles. The number of aliphatic imine (C=N–C) groups is 1. The Morgan fingerprint density at radius 2 is 1.86 bits per heavy atom. The summed E-state index contributed by atoms with van der Waals surface area (Å²) >= 11 is 0. The molecule has 1 saturated heterocycles. The van der Waals surface area contributed by atoms with E-state index in [4.69, 9.17) is 4.99 Å². The van der Waals surface area contributed by atoms with Gasteiger partial charge in [-0.2, -0.15) is 0 Å². The first kappa shape index (κ1) is 19.9. The minimum absolute atomic E-state index is 0.0225. The number of allylic oxidation sites excluding steroid dienone is 1. The summed E-state index contributed by atoms with van der Waals surface area (Å²) in [6, 6.07) is 8.11. The Balaban J connectivity index is 1.27. The molecule has 1 N–H and O–H groups in total. The molecule has 0 amide bonds. The summed E-state index contributed by atoms with van der Waals surface area (Å²) < 4.78 is 0. The van der Waals surface area contributed by atoms with Crippen LogP contribution in [0.1, 0.15) is 49.7 Å². The van der Waals surface area contributed by atoms with Crippen LogP contribution in [0.3, 0.4) is 0 Å². The molecule has 1 aromatic carbocycles. The predicted octanol–water partition coefficient (Wildman–Crippen LogP) is 4.13. The van der Waals surface area contributed by atoms with Crippen molar-refractivity contribution in [3.8, 4) is 11.4 Å². The smallest absolute Gasteiger partial charge is 0.159 e. The molecule has 2 aromatic rings. The fourth-order valence-electron chi connectivity index (χ4n) is 4.10. The zero-order valence-corrected chi connectivity index (χ0v) is 17.0. The number of unbranched alkanes of at least 4 members (excludes halogenated alkanes) is 1. The monoisotopic (exact) mass is 390 g/mol. The van der Waals surface area contributed by atoms with Crippen molar-refractivity contribution < 1.29 is 5.11 Å². The quantitative estimate of drug-likeness (QED) is 0.689. The third-order valence-corrected chi connectivity index (χ3v) is 5.85. The molecule has 0 spiro atoms. The molecule has 1 aromatic heterocycles. The van der Waals surface area contributed by atoms with E-state index in [9.17, 15) is 5.11 Å². The van der Waals surface area contributed by atoms with Crippen LogP contribution in [0.15, 0.2) is 47.7 Å². The van der Waals surface area contributed by atoms with Crippen molar-refractivity contribution in [2.75, 3.05) is 19.6 Å². The second kappa shape index (κ2) is 9.90. The van der Waals surface area contributed by atoms with Crippen LogP contribution in [0.2, 0.25) is 0 Å². The van der Waals surface area contributed by atoms with Gasteiger partial charge >= 0.3 is 0 Å². The molecule has 2 aliphatic rings. The van der Waals surface area contributed by atoms with Gasteiger partial charge in [0.05, 0.1) is 12.6 Å². The molecule has 5 nitrogen and oxygen atoms in total. The SMILES string of the molecule is OCc1cccc(-c2ncc(C3=CCC(CCCCN4CCCC4)N=C3)cn2)c1. The topological polar surface area (TPSA) is 61.6 Å². The van der Waals surface area contributed by atoms with Crippen LogP contribution in [0.4, 0.5) is 0 Å². The number of aliphatic hydroxyl groups excluding tert-OH is 1. The van der Waals surface area contributed by atoms with Crippen LogP contribution >= 0.6 is 0 Å². The molecule has 0 bridgehead atoms. The van der Waals surface area contributed by atoms with Crippen molar-refractivity contribution in [2.45, 2.75) is 51.2 Å². The maximum Gasteiger partial charge on any atom is 0.159 e. The summed E-state index contributed by atoms with van der Waals surface area (Å²) in [6.45, 7) is 3.86. The van der Waals surface area contributed by atoms with E-state index in [-0.39, 0.29) is 6.61 Å². The Kier molecular flexibility index (Phi) is 6.80. The lowest BCUT2D eigenvalue weighted by molar-refractivity contribution is 0.282.